The van der Waals surface area contributed by atoms with Crippen molar-refractivity contribution in [3.8, 4) is 11.5 Å². The highest BCUT2D eigenvalue weighted by Crippen LogP contribution is 2.13. The third kappa shape index (κ3) is 8.88. The fraction of sp³-hybridized carbons (Fsp3) is 0.385. The van der Waals surface area contributed by atoms with Crippen molar-refractivity contribution in [3.63, 3.8) is 0 Å². The van der Waals surface area contributed by atoms with E-state index in [2.05, 4.69) is 13.5 Å². The van der Waals surface area contributed by atoms with Crippen LogP contribution in [-0.4, -0.2) is 10.2 Å². The molecule has 1 aromatic carbocycles. The number of unbranched alkanes of at least 4 members (excludes halogenated alkanes) is 3. The Bertz CT molecular complexity index is 231. The Morgan fingerprint density at radius 3 is 1.87 bits per heavy atom. The SMILES string of the molecule is C=CCCCCC.Oc1ccc(O)cc1. The second-order valence-electron chi connectivity index (χ2n) is 3.30. The molecule has 0 heterocycles. The molecule has 0 amide bonds. The molecule has 0 atom stereocenters. The molecule has 0 aliphatic heterocycles. The van der Waals surface area contributed by atoms with Gasteiger partial charge in [-0.25, -0.2) is 0 Å². The van der Waals surface area contributed by atoms with Crippen LogP contribution in [0.4, 0.5) is 0 Å². The van der Waals surface area contributed by atoms with Gasteiger partial charge in [0.25, 0.3) is 0 Å². The van der Waals surface area contributed by atoms with Crippen molar-refractivity contribution in [2.75, 3.05) is 0 Å². The van der Waals surface area contributed by atoms with E-state index in [0.717, 1.165) is 0 Å². The lowest BCUT2D eigenvalue weighted by molar-refractivity contribution is 0.460. The highest BCUT2D eigenvalue weighted by molar-refractivity contribution is 5.28. The van der Waals surface area contributed by atoms with E-state index in [9.17, 15) is 0 Å². The first-order valence-electron chi connectivity index (χ1n) is 5.29. The molecule has 15 heavy (non-hydrogen) atoms. The molecule has 0 bridgehead atoms. The van der Waals surface area contributed by atoms with Crippen LogP contribution in [0.2, 0.25) is 0 Å². The molecule has 0 fully saturated rings. The zero-order chi connectivity index (χ0) is 11.5. The van der Waals surface area contributed by atoms with E-state index in [1.54, 1.807) is 0 Å². The summed E-state index contributed by atoms with van der Waals surface area (Å²) in [4.78, 5) is 0. The summed E-state index contributed by atoms with van der Waals surface area (Å²) < 4.78 is 0. The lowest BCUT2D eigenvalue weighted by Gasteiger charge is -1.88. The summed E-state index contributed by atoms with van der Waals surface area (Å²) >= 11 is 0. The van der Waals surface area contributed by atoms with Gasteiger partial charge in [-0.3, -0.25) is 0 Å². The lowest BCUT2D eigenvalue weighted by atomic mass is 10.2. The molecule has 2 N–H and O–H groups in total. The molecule has 2 nitrogen and oxygen atoms in total. The number of hydrogen-bond donors (Lipinski definition) is 2. The summed E-state index contributed by atoms with van der Waals surface area (Å²) in [5.41, 5.74) is 0. The molecule has 84 valence electrons. The van der Waals surface area contributed by atoms with Crippen LogP contribution >= 0.6 is 0 Å². The Balaban J connectivity index is 0.000000265. The Labute approximate surface area is 91.9 Å². The van der Waals surface area contributed by atoms with E-state index in [1.165, 1.54) is 49.9 Å². The van der Waals surface area contributed by atoms with Gasteiger partial charge in [0, 0.05) is 0 Å². The molecule has 0 saturated carbocycles. The van der Waals surface area contributed by atoms with Gasteiger partial charge in [0.05, 0.1) is 0 Å². The molecular weight excluding hydrogens is 188 g/mol. The first kappa shape index (κ1) is 13.6. The molecule has 0 aliphatic carbocycles. The van der Waals surface area contributed by atoms with Gasteiger partial charge in [0.2, 0.25) is 0 Å². The van der Waals surface area contributed by atoms with Gasteiger partial charge in [-0.15, -0.1) is 6.58 Å². The highest BCUT2D eigenvalue weighted by Gasteiger charge is 1.84. The molecule has 0 saturated heterocycles. The van der Waals surface area contributed by atoms with Gasteiger partial charge >= 0.3 is 0 Å². The average molecular weight is 208 g/mol. The minimum absolute atomic E-state index is 0.169. The number of aromatic hydroxyl groups is 2. The van der Waals surface area contributed by atoms with E-state index in [1.807, 2.05) is 6.08 Å². The summed E-state index contributed by atoms with van der Waals surface area (Å²) in [6, 6.07) is 5.70. The van der Waals surface area contributed by atoms with E-state index >= 15 is 0 Å². The topological polar surface area (TPSA) is 40.5 Å². The normalized spacial score (nSPS) is 8.87. The Morgan fingerprint density at radius 2 is 1.53 bits per heavy atom. The van der Waals surface area contributed by atoms with E-state index in [0.29, 0.717) is 0 Å². The van der Waals surface area contributed by atoms with Crippen molar-refractivity contribution in [1.29, 1.82) is 0 Å². The fourth-order valence-corrected chi connectivity index (χ4v) is 0.991. The van der Waals surface area contributed by atoms with Gasteiger partial charge in [-0.1, -0.05) is 25.8 Å². The molecule has 0 aromatic heterocycles. The van der Waals surface area contributed by atoms with Crippen molar-refractivity contribution >= 4 is 0 Å². The van der Waals surface area contributed by atoms with Crippen molar-refractivity contribution in [2.24, 2.45) is 0 Å². The maximum atomic E-state index is 8.65. The third-order valence-electron chi connectivity index (χ3n) is 1.86. The van der Waals surface area contributed by atoms with Crippen LogP contribution in [0.25, 0.3) is 0 Å². The van der Waals surface area contributed by atoms with Crippen LogP contribution in [0.15, 0.2) is 36.9 Å². The minimum Gasteiger partial charge on any atom is -0.508 e. The standard InChI is InChI=1S/C7H14.C6H6O2/c1-3-5-7-6-4-2;7-5-1-2-6(8)4-3-5/h3H,1,4-7H2,2H3;1-4,7-8H. The molecular formula is C13H20O2. The van der Waals surface area contributed by atoms with Crippen LogP contribution in [0, 0.1) is 0 Å². The average Bonchev–Trinajstić information content (AvgIpc) is 2.24. The minimum atomic E-state index is 0.169. The van der Waals surface area contributed by atoms with Crippen molar-refractivity contribution in [2.45, 2.75) is 32.6 Å². The van der Waals surface area contributed by atoms with Crippen LogP contribution in [0.3, 0.4) is 0 Å². The number of phenols is 2. The molecule has 0 unspecified atom stereocenters. The predicted octanol–water partition coefficient (Wildman–Crippen LogP) is 3.85. The van der Waals surface area contributed by atoms with Gasteiger partial charge in [-0.2, -0.15) is 0 Å². The van der Waals surface area contributed by atoms with Gasteiger partial charge in [0.15, 0.2) is 0 Å². The van der Waals surface area contributed by atoms with Crippen molar-refractivity contribution in [3.05, 3.63) is 36.9 Å². The number of benzene rings is 1. The fourth-order valence-electron chi connectivity index (χ4n) is 0.991. The van der Waals surface area contributed by atoms with Gasteiger partial charge < -0.3 is 10.2 Å². The summed E-state index contributed by atoms with van der Waals surface area (Å²) in [5.74, 6) is 0.339. The zero-order valence-electron chi connectivity index (χ0n) is 9.32. The maximum Gasteiger partial charge on any atom is 0.115 e. The van der Waals surface area contributed by atoms with Crippen molar-refractivity contribution < 1.29 is 10.2 Å². The van der Waals surface area contributed by atoms with E-state index < -0.39 is 0 Å². The monoisotopic (exact) mass is 208 g/mol. The van der Waals surface area contributed by atoms with Crippen molar-refractivity contribution in [1.82, 2.24) is 0 Å². The molecule has 0 radical (unpaired) electrons. The predicted molar refractivity (Wildman–Crippen MR) is 64.1 cm³/mol. The quantitative estimate of drug-likeness (QED) is 0.448. The molecule has 1 rings (SSSR count). The zero-order valence-corrected chi connectivity index (χ0v) is 9.32. The van der Waals surface area contributed by atoms with Crippen LogP contribution < -0.4 is 0 Å². The second-order valence-corrected chi connectivity index (χ2v) is 3.30. The van der Waals surface area contributed by atoms with Gasteiger partial charge in [-0.05, 0) is 37.1 Å². The number of phenolic OH excluding ortho intramolecular Hbond substituents is 2. The second kappa shape index (κ2) is 9.13. The third-order valence-corrected chi connectivity index (χ3v) is 1.86. The first-order valence-corrected chi connectivity index (χ1v) is 5.29. The summed E-state index contributed by atoms with van der Waals surface area (Å²) in [5, 5.41) is 17.3. The lowest BCUT2D eigenvalue weighted by Crippen LogP contribution is -1.67. The highest BCUT2D eigenvalue weighted by atomic mass is 16.3. The summed E-state index contributed by atoms with van der Waals surface area (Å²) in [6.07, 6.45) is 7.16. The van der Waals surface area contributed by atoms with E-state index in [-0.39, 0.29) is 11.5 Å². The number of allylic oxidation sites excluding steroid dienone is 1. The smallest absolute Gasteiger partial charge is 0.115 e. The number of rotatable bonds is 4. The summed E-state index contributed by atoms with van der Waals surface area (Å²) in [6.45, 7) is 5.84. The van der Waals surface area contributed by atoms with Crippen LogP contribution in [-0.2, 0) is 0 Å². The van der Waals surface area contributed by atoms with Crippen LogP contribution in [0.5, 0.6) is 11.5 Å². The molecule has 0 spiro atoms. The molecule has 2 heteroatoms. The maximum absolute atomic E-state index is 8.65. The largest absolute Gasteiger partial charge is 0.508 e. The Morgan fingerprint density at radius 1 is 1.07 bits per heavy atom. The molecule has 1 aromatic rings. The Kier molecular flexibility index (Phi) is 8.25. The summed E-state index contributed by atoms with van der Waals surface area (Å²) in [7, 11) is 0. The molecule has 0 aliphatic rings. The Hall–Kier alpha value is -1.44. The van der Waals surface area contributed by atoms with E-state index in [4.69, 9.17) is 10.2 Å². The number of hydrogen-bond acceptors (Lipinski definition) is 2. The van der Waals surface area contributed by atoms with Gasteiger partial charge in [0.1, 0.15) is 11.5 Å². The first-order chi connectivity index (χ1) is 7.20. The van der Waals surface area contributed by atoms with Crippen LogP contribution in [0.1, 0.15) is 32.6 Å².